The molecule has 0 spiro atoms. The first kappa shape index (κ1) is 14.3. The SMILES string of the molecule is CCCOC(=O)N1CCN(CC(C)(C)O)CC1. The smallest absolute Gasteiger partial charge is 0.409 e. The zero-order chi connectivity index (χ0) is 12.9. The fourth-order valence-corrected chi connectivity index (χ4v) is 1.92. The summed E-state index contributed by atoms with van der Waals surface area (Å²) in [6.07, 6.45) is 0.638. The molecule has 0 atom stereocenters. The number of nitrogens with zero attached hydrogens (tertiary/aromatic N) is 2. The number of piperazine rings is 1. The van der Waals surface area contributed by atoms with Gasteiger partial charge >= 0.3 is 6.09 Å². The van der Waals surface area contributed by atoms with Gasteiger partial charge < -0.3 is 14.7 Å². The Hall–Kier alpha value is -0.810. The van der Waals surface area contributed by atoms with Crippen LogP contribution >= 0.6 is 0 Å². The first-order valence-corrected chi connectivity index (χ1v) is 6.29. The highest BCUT2D eigenvalue weighted by molar-refractivity contribution is 5.67. The molecule has 1 aliphatic heterocycles. The molecule has 17 heavy (non-hydrogen) atoms. The third-order valence-electron chi connectivity index (χ3n) is 2.67. The summed E-state index contributed by atoms with van der Waals surface area (Å²) in [5, 5.41) is 9.71. The molecule has 1 fully saturated rings. The predicted molar refractivity (Wildman–Crippen MR) is 65.9 cm³/mol. The molecule has 0 bridgehead atoms. The van der Waals surface area contributed by atoms with Crippen LogP contribution in [0.2, 0.25) is 0 Å². The van der Waals surface area contributed by atoms with Crippen LogP contribution in [0.3, 0.4) is 0 Å². The summed E-state index contributed by atoms with van der Waals surface area (Å²) >= 11 is 0. The van der Waals surface area contributed by atoms with Gasteiger partial charge in [-0.05, 0) is 20.3 Å². The summed E-state index contributed by atoms with van der Waals surface area (Å²) in [5.41, 5.74) is -0.676. The Bertz CT molecular complexity index is 243. The van der Waals surface area contributed by atoms with Gasteiger partial charge in [0.25, 0.3) is 0 Å². The molecule has 5 heteroatoms. The quantitative estimate of drug-likeness (QED) is 0.799. The lowest BCUT2D eigenvalue weighted by Crippen LogP contribution is -2.52. The van der Waals surface area contributed by atoms with Gasteiger partial charge in [0.2, 0.25) is 0 Å². The molecule has 1 N–H and O–H groups in total. The van der Waals surface area contributed by atoms with E-state index in [1.807, 2.05) is 6.92 Å². The van der Waals surface area contributed by atoms with Gasteiger partial charge in [-0.2, -0.15) is 0 Å². The molecule has 1 rings (SSSR count). The van der Waals surface area contributed by atoms with Crippen LogP contribution in [0.15, 0.2) is 0 Å². The first-order valence-electron chi connectivity index (χ1n) is 6.29. The number of carbonyl (C=O) groups excluding carboxylic acids is 1. The van der Waals surface area contributed by atoms with Crippen LogP contribution in [0.25, 0.3) is 0 Å². The van der Waals surface area contributed by atoms with E-state index in [2.05, 4.69) is 4.90 Å². The maximum absolute atomic E-state index is 11.6. The number of ether oxygens (including phenoxy) is 1. The Balaban J connectivity index is 2.28. The summed E-state index contributed by atoms with van der Waals surface area (Å²) in [5.74, 6) is 0. The van der Waals surface area contributed by atoms with Gasteiger partial charge in [-0.15, -0.1) is 0 Å². The molecule has 1 aliphatic rings. The van der Waals surface area contributed by atoms with Crippen LogP contribution in [0.5, 0.6) is 0 Å². The average molecular weight is 244 g/mol. The third-order valence-corrected chi connectivity index (χ3v) is 2.67. The zero-order valence-electron chi connectivity index (χ0n) is 11.1. The molecule has 1 heterocycles. The van der Waals surface area contributed by atoms with E-state index in [1.165, 1.54) is 0 Å². The Morgan fingerprint density at radius 1 is 1.29 bits per heavy atom. The second-order valence-corrected chi connectivity index (χ2v) is 5.19. The minimum absolute atomic E-state index is 0.213. The zero-order valence-corrected chi connectivity index (χ0v) is 11.1. The van der Waals surface area contributed by atoms with Gasteiger partial charge in [-0.1, -0.05) is 6.92 Å². The Labute approximate surface area is 103 Å². The molecule has 0 saturated carbocycles. The fourth-order valence-electron chi connectivity index (χ4n) is 1.92. The summed E-state index contributed by atoms with van der Waals surface area (Å²) in [6.45, 7) is 9.67. The lowest BCUT2D eigenvalue weighted by Gasteiger charge is -2.36. The largest absolute Gasteiger partial charge is 0.449 e. The van der Waals surface area contributed by atoms with Gasteiger partial charge in [0.05, 0.1) is 12.2 Å². The summed E-state index contributed by atoms with van der Waals surface area (Å²) in [7, 11) is 0. The van der Waals surface area contributed by atoms with Crippen molar-refractivity contribution < 1.29 is 14.6 Å². The molecular formula is C12H24N2O3. The van der Waals surface area contributed by atoms with Crippen LogP contribution in [-0.2, 0) is 4.74 Å². The van der Waals surface area contributed by atoms with Gasteiger partial charge in [-0.25, -0.2) is 4.79 Å². The highest BCUT2D eigenvalue weighted by atomic mass is 16.6. The van der Waals surface area contributed by atoms with Crippen molar-refractivity contribution in [2.75, 3.05) is 39.3 Å². The van der Waals surface area contributed by atoms with Gasteiger partial charge in [0.1, 0.15) is 0 Å². The topological polar surface area (TPSA) is 53.0 Å². The van der Waals surface area contributed by atoms with Crippen molar-refractivity contribution in [2.24, 2.45) is 0 Å². The minimum Gasteiger partial charge on any atom is -0.449 e. The summed E-state index contributed by atoms with van der Waals surface area (Å²) < 4.78 is 5.09. The Morgan fingerprint density at radius 3 is 2.35 bits per heavy atom. The summed E-state index contributed by atoms with van der Waals surface area (Å²) in [4.78, 5) is 15.5. The number of hydrogen-bond donors (Lipinski definition) is 1. The normalized spacial score (nSPS) is 18.2. The standard InChI is InChI=1S/C12H24N2O3/c1-4-9-17-11(15)14-7-5-13(6-8-14)10-12(2,3)16/h16H,4-10H2,1-3H3. The molecule has 5 nitrogen and oxygen atoms in total. The first-order chi connectivity index (χ1) is 7.92. The van der Waals surface area contributed by atoms with E-state index >= 15 is 0 Å². The van der Waals surface area contributed by atoms with Crippen molar-refractivity contribution in [2.45, 2.75) is 32.8 Å². The Kier molecular flexibility index (Phi) is 5.21. The highest BCUT2D eigenvalue weighted by Crippen LogP contribution is 2.09. The molecular weight excluding hydrogens is 220 g/mol. The molecule has 100 valence electrons. The number of β-amino-alcohol motifs (C(OH)–C–C–N with tert-alkyl or cyclic N) is 1. The molecule has 0 aromatic heterocycles. The van der Waals surface area contributed by atoms with Crippen LogP contribution < -0.4 is 0 Å². The van der Waals surface area contributed by atoms with Crippen LogP contribution in [0, 0.1) is 0 Å². The van der Waals surface area contributed by atoms with Crippen molar-refractivity contribution in [3.8, 4) is 0 Å². The Morgan fingerprint density at radius 2 is 1.88 bits per heavy atom. The van der Waals surface area contributed by atoms with Crippen molar-refractivity contribution >= 4 is 6.09 Å². The number of amides is 1. The average Bonchev–Trinajstić information content (AvgIpc) is 2.24. The van der Waals surface area contributed by atoms with E-state index in [9.17, 15) is 9.90 Å². The second kappa shape index (κ2) is 6.21. The number of hydrogen-bond acceptors (Lipinski definition) is 4. The van der Waals surface area contributed by atoms with E-state index < -0.39 is 5.60 Å². The molecule has 0 aromatic carbocycles. The van der Waals surface area contributed by atoms with Gasteiger partial charge in [0.15, 0.2) is 0 Å². The van der Waals surface area contributed by atoms with Crippen molar-refractivity contribution in [3.63, 3.8) is 0 Å². The monoisotopic (exact) mass is 244 g/mol. The lowest BCUT2D eigenvalue weighted by atomic mass is 10.1. The van der Waals surface area contributed by atoms with Crippen LogP contribution in [0.1, 0.15) is 27.2 Å². The summed E-state index contributed by atoms with van der Waals surface area (Å²) in [6, 6.07) is 0. The van der Waals surface area contributed by atoms with Crippen molar-refractivity contribution in [1.29, 1.82) is 0 Å². The lowest BCUT2D eigenvalue weighted by molar-refractivity contribution is 0.0160. The predicted octanol–water partition coefficient (Wildman–Crippen LogP) is 0.921. The van der Waals surface area contributed by atoms with Crippen molar-refractivity contribution in [3.05, 3.63) is 0 Å². The van der Waals surface area contributed by atoms with Crippen molar-refractivity contribution in [1.82, 2.24) is 9.80 Å². The molecule has 1 amide bonds. The van der Waals surface area contributed by atoms with E-state index in [0.29, 0.717) is 26.2 Å². The molecule has 0 aliphatic carbocycles. The minimum atomic E-state index is -0.676. The number of aliphatic hydroxyl groups is 1. The molecule has 0 unspecified atom stereocenters. The van der Waals surface area contributed by atoms with E-state index in [1.54, 1.807) is 18.7 Å². The maximum atomic E-state index is 11.6. The number of rotatable bonds is 4. The fraction of sp³-hybridized carbons (Fsp3) is 0.917. The third kappa shape index (κ3) is 5.37. The molecule has 0 radical (unpaired) electrons. The van der Waals surface area contributed by atoms with E-state index in [4.69, 9.17) is 4.74 Å². The van der Waals surface area contributed by atoms with Gasteiger partial charge in [0, 0.05) is 32.7 Å². The highest BCUT2D eigenvalue weighted by Gasteiger charge is 2.25. The van der Waals surface area contributed by atoms with E-state index in [-0.39, 0.29) is 6.09 Å². The second-order valence-electron chi connectivity index (χ2n) is 5.19. The molecule has 1 saturated heterocycles. The van der Waals surface area contributed by atoms with E-state index in [0.717, 1.165) is 19.5 Å². The maximum Gasteiger partial charge on any atom is 0.409 e. The van der Waals surface area contributed by atoms with Crippen LogP contribution in [0.4, 0.5) is 4.79 Å². The molecule has 0 aromatic rings. The number of carbonyl (C=O) groups is 1. The van der Waals surface area contributed by atoms with Crippen LogP contribution in [-0.4, -0.2) is 65.9 Å². The van der Waals surface area contributed by atoms with Gasteiger partial charge in [-0.3, -0.25) is 4.90 Å².